The zero-order chi connectivity index (χ0) is 28.8. The average molecular weight is 548 g/mol. The second-order valence-electron chi connectivity index (χ2n) is 13.5. The Kier molecular flexibility index (Phi) is 8.24. The van der Waals surface area contributed by atoms with Gasteiger partial charge in [0.2, 0.25) is 11.8 Å². The third-order valence-corrected chi connectivity index (χ3v) is 9.69. The highest BCUT2D eigenvalue weighted by atomic mass is 16.7. The lowest BCUT2D eigenvalue weighted by molar-refractivity contribution is -0.525. The van der Waals surface area contributed by atoms with Gasteiger partial charge in [0.25, 0.3) is 5.96 Å². The maximum atomic E-state index is 13.6. The van der Waals surface area contributed by atoms with Crippen molar-refractivity contribution in [2.24, 2.45) is 28.6 Å². The first-order valence-electron chi connectivity index (χ1n) is 14.3. The Morgan fingerprint density at radius 3 is 2.44 bits per heavy atom. The van der Waals surface area contributed by atoms with Gasteiger partial charge in [0, 0.05) is 12.0 Å². The van der Waals surface area contributed by atoms with Gasteiger partial charge in [0.15, 0.2) is 5.03 Å². The van der Waals surface area contributed by atoms with E-state index in [4.69, 9.17) is 14.7 Å². The molecule has 13 heteroatoms. The molecule has 0 aromatic carbocycles. The predicted octanol–water partition coefficient (Wildman–Crippen LogP) is 2.16. The SMILES string of the molecule is CC(C)C[C@H](NC(=O)[C@H](CCCNC(=N)N[N+](=O)[O-])NC(=O)C1(C)CC1)B1O[C@@H]2C[C@@H]3C[C@@H](C3(C)C)[C@]2(C)O1. The van der Waals surface area contributed by atoms with Crippen LogP contribution in [0.25, 0.3) is 0 Å². The molecule has 2 bridgehead atoms. The van der Waals surface area contributed by atoms with Crippen LogP contribution in [0.1, 0.15) is 86.5 Å². The van der Waals surface area contributed by atoms with Gasteiger partial charge in [-0.05, 0) is 75.0 Å². The number of carbonyl (C=O) groups is 2. The van der Waals surface area contributed by atoms with Crippen LogP contribution >= 0.6 is 0 Å². The molecular weight excluding hydrogens is 503 g/mol. The van der Waals surface area contributed by atoms with E-state index >= 15 is 0 Å². The van der Waals surface area contributed by atoms with Crippen LogP contribution in [0, 0.1) is 44.1 Å². The van der Waals surface area contributed by atoms with Gasteiger partial charge in [-0.3, -0.25) is 15.0 Å². The van der Waals surface area contributed by atoms with Gasteiger partial charge in [-0.1, -0.05) is 40.0 Å². The van der Waals surface area contributed by atoms with E-state index < -0.39 is 29.6 Å². The number of hydrogen-bond donors (Lipinski definition) is 5. The van der Waals surface area contributed by atoms with Crippen molar-refractivity contribution >= 4 is 24.9 Å². The molecular formula is C26H45BN6O6. The van der Waals surface area contributed by atoms with Crippen LogP contribution in [-0.2, 0) is 18.9 Å². The van der Waals surface area contributed by atoms with Gasteiger partial charge in [0.1, 0.15) is 6.04 Å². The summed E-state index contributed by atoms with van der Waals surface area (Å²) < 4.78 is 13.2. The molecule has 218 valence electrons. The van der Waals surface area contributed by atoms with Crippen LogP contribution in [0.4, 0.5) is 0 Å². The summed E-state index contributed by atoms with van der Waals surface area (Å²) in [5.74, 6) is 0.0782. The first-order valence-corrected chi connectivity index (χ1v) is 14.3. The lowest BCUT2D eigenvalue weighted by Crippen LogP contribution is -2.65. The number of carbonyl (C=O) groups excluding carboxylic acids is 2. The molecule has 5 fully saturated rings. The number of hydrazine groups is 1. The van der Waals surface area contributed by atoms with Crippen LogP contribution in [0.5, 0.6) is 0 Å². The Morgan fingerprint density at radius 2 is 1.85 bits per heavy atom. The van der Waals surface area contributed by atoms with Crippen LogP contribution in [0.15, 0.2) is 0 Å². The summed E-state index contributed by atoms with van der Waals surface area (Å²) in [5.41, 5.74) is 1.13. The van der Waals surface area contributed by atoms with Gasteiger partial charge < -0.3 is 25.3 Å². The molecule has 0 spiro atoms. The fraction of sp³-hybridized carbons (Fsp3) is 0.885. The molecule has 12 nitrogen and oxygen atoms in total. The van der Waals surface area contributed by atoms with E-state index in [0.29, 0.717) is 31.1 Å². The van der Waals surface area contributed by atoms with E-state index in [-0.39, 0.29) is 47.3 Å². The molecule has 0 radical (unpaired) electrons. The Labute approximate surface area is 231 Å². The number of nitro groups is 1. The quantitative estimate of drug-likeness (QED) is 0.0618. The summed E-state index contributed by atoms with van der Waals surface area (Å²) >= 11 is 0. The van der Waals surface area contributed by atoms with Crippen LogP contribution in [-0.4, -0.2) is 60.2 Å². The van der Waals surface area contributed by atoms with Crippen LogP contribution in [0.3, 0.4) is 0 Å². The number of rotatable bonds is 12. The van der Waals surface area contributed by atoms with Gasteiger partial charge in [0.05, 0.1) is 17.6 Å². The van der Waals surface area contributed by atoms with Gasteiger partial charge in [-0.25, -0.2) is 10.1 Å². The monoisotopic (exact) mass is 548 g/mol. The summed E-state index contributed by atoms with van der Waals surface area (Å²) in [6.07, 6.45) is 5.08. The molecule has 0 unspecified atom stereocenters. The fourth-order valence-electron chi connectivity index (χ4n) is 6.77. The van der Waals surface area contributed by atoms with Crippen molar-refractivity contribution < 1.29 is 23.9 Å². The maximum Gasteiger partial charge on any atom is 0.481 e. The van der Waals surface area contributed by atoms with Crippen LogP contribution in [0.2, 0.25) is 0 Å². The van der Waals surface area contributed by atoms with E-state index in [0.717, 1.165) is 25.7 Å². The molecule has 1 saturated heterocycles. The van der Waals surface area contributed by atoms with Gasteiger partial charge in [-0.2, -0.15) is 0 Å². The second kappa shape index (κ2) is 10.9. The molecule has 0 aromatic heterocycles. The molecule has 5 N–H and O–H groups in total. The van der Waals surface area contributed by atoms with Crippen molar-refractivity contribution in [2.45, 2.75) is 110 Å². The highest BCUT2D eigenvalue weighted by molar-refractivity contribution is 6.48. The zero-order valence-corrected chi connectivity index (χ0v) is 24.1. The minimum absolute atomic E-state index is 0.00493. The van der Waals surface area contributed by atoms with Crippen LogP contribution < -0.4 is 21.4 Å². The van der Waals surface area contributed by atoms with Crippen molar-refractivity contribution in [2.75, 3.05) is 6.54 Å². The average Bonchev–Trinajstić information content (AvgIpc) is 3.47. The van der Waals surface area contributed by atoms with Gasteiger partial charge >= 0.3 is 7.12 Å². The molecule has 2 amide bonds. The first kappa shape index (κ1) is 29.6. The molecule has 5 rings (SSSR count). The molecule has 4 aliphatic carbocycles. The molecule has 1 heterocycles. The van der Waals surface area contributed by atoms with Crippen molar-refractivity contribution in [1.82, 2.24) is 21.4 Å². The molecule has 4 saturated carbocycles. The predicted molar refractivity (Wildman–Crippen MR) is 146 cm³/mol. The summed E-state index contributed by atoms with van der Waals surface area (Å²) in [6, 6.07) is -0.782. The number of amides is 2. The Balaban J connectivity index is 1.41. The molecule has 5 aliphatic rings. The van der Waals surface area contributed by atoms with Crippen molar-refractivity contribution in [3.63, 3.8) is 0 Å². The summed E-state index contributed by atoms with van der Waals surface area (Å²) in [4.78, 5) is 37.0. The second-order valence-corrected chi connectivity index (χ2v) is 13.5. The Bertz CT molecular complexity index is 990. The summed E-state index contributed by atoms with van der Waals surface area (Å²) in [7, 11) is -0.561. The standard InChI is InChI=1S/C26H45BN6O6/c1-15(2)12-20(27-38-19-14-16-13-18(24(16,3)4)26(19,6)39-27)31-21(34)17(30-22(35)25(5)9-10-25)8-7-11-29-23(28)32-33(36)37/h15-20H,7-14H2,1-6H3,(H,30,35)(H,31,34)(H3,28,29,32)/t16-,17-,18-,19+,20-,26-/m0/s1. The normalized spacial score (nSPS) is 30.8. The third kappa shape index (κ3) is 6.18. The van der Waals surface area contributed by atoms with E-state index in [1.165, 1.54) is 0 Å². The Morgan fingerprint density at radius 1 is 1.15 bits per heavy atom. The number of nitrogens with zero attached hydrogens (tertiary/aromatic N) is 1. The lowest BCUT2D eigenvalue weighted by atomic mass is 9.43. The van der Waals surface area contributed by atoms with Crippen molar-refractivity contribution in [3.8, 4) is 0 Å². The van der Waals surface area contributed by atoms with E-state index in [1.807, 2.05) is 6.92 Å². The van der Waals surface area contributed by atoms with Crippen molar-refractivity contribution in [1.29, 1.82) is 5.41 Å². The van der Waals surface area contributed by atoms with Crippen molar-refractivity contribution in [3.05, 3.63) is 10.1 Å². The highest BCUT2D eigenvalue weighted by Gasteiger charge is 2.68. The smallest absolute Gasteiger partial charge is 0.404 e. The minimum Gasteiger partial charge on any atom is -0.404 e. The van der Waals surface area contributed by atoms with E-state index in [9.17, 15) is 19.7 Å². The third-order valence-electron chi connectivity index (χ3n) is 9.69. The van der Waals surface area contributed by atoms with Gasteiger partial charge in [-0.15, -0.1) is 0 Å². The molecule has 6 atom stereocenters. The molecule has 1 aliphatic heterocycles. The highest BCUT2D eigenvalue weighted by Crippen LogP contribution is 2.65. The number of guanidine groups is 1. The number of hydrogen-bond acceptors (Lipinski definition) is 7. The Hall–Kier alpha value is -2.41. The largest absolute Gasteiger partial charge is 0.481 e. The summed E-state index contributed by atoms with van der Waals surface area (Å²) in [5, 5.41) is 25.9. The maximum absolute atomic E-state index is 13.6. The first-order chi connectivity index (χ1) is 18.2. The molecule has 39 heavy (non-hydrogen) atoms. The zero-order valence-electron chi connectivity index (χ0n) is 24.1. The molecule has 0 aromatic rings. The van der Waals surface area contributed by atoms with E-state index in [1.54, 1.807) is 5.43 Å². The fourth-order valence-corrected chi connectivity index (χ4v) is 6.77. The lowest BCUT2D eigenvalue weighted by Gasteiger charge is -2.64. The number of nitrogens with one attached hydrogen (secondary N) is 5. The summed E-state index contributed by atoms with van der Waals surface area (Å²) in [6.45, 7) is 13.1. The minimum atomic E-state index is -0.814. The van der Waals surface area contributed by atoms with E-state index in [2.05, 4.69) is 50.6 Å². The topological polar surface area (TPSA) is 168 Å².